The predicted molar refractivity (Wildman–Crippen MR) is 57.2 cm³/mol. The summed E-state index contributed by atoms with van der Waals surface area (Å²) in [5.74, 6) is -3.73. The molecule has 1 aromatic carbocycles. The average molecular weight is 289 g/mol. The van der Waals surface area contributed by atoms with E-state index in [0.717, 1.165) is 6.07 Å². The van der Waals surface area contributed by atoms with E-state index >= 15 is 0 Å². The highest BCUT2D eigenvalue weighted by molar-refractivity contribution is 5.86. The highest BCUT2D eigenvalue weighted by atomic mass is 19.4. The van der Waals surface area contributed by atoms with Crippen LogP contribution in [0.15, 0.2) is 22.7 Å². The fourth-order valence-corrected chi connectivity index (χ4v) is 1.52. The first-order chi connectivity index (χ1) is 9.20. The zero-order valence-electron chi connectivity index (χ0n) is 9.47. The lowest BCUT2D eigenvalue weighted by molar-refractivity contribution is -0.137. The van der Waals surface area contributed by atoms with Gasteiger partial charge in [-0.15, -0.1) is 0 Å². The molecule has 0 aliphatic rings. The molecule has 0 unspecified atom stereocenters. The Kier molecular flexibility index (Phi) is 3.04. The Bertz CT molecular complexity index is 677. The zero-order chi connectivity index (χ0) is 15.1. The summed E-state index contributed by atoms with van der Waals surface area (Å²) in [6.45, 7) is 0. The van der Waals surface area contributed by atoms with E-state index in [2.05, 4.69) is 9.68 Å². The van der Waals surface area contributed by atoms with E-state index in [4.69, 9.17) is 10.2 Å². The van der Waals surface area contributed by atoms with Gasteiger partial charge in [0.05, 0.1) is 5.56 Å². The van der Waals surface area contributed by atoms with Gasteiger partial charge in [0.15, 0.2) is 23.0 Å². The number of phenols is 2. The van der Waals surface area contributed by atoms with Crippen LogP contribution in [0, 0.1) is 0 Å². The van der Waals surface area contributed by atoms with Gasteiger partial charge in [-0.1, -0.05) is 5.16 Å². The van der Waals surface area contributed by atoms with Gasteiger partial charge in [0.1, 0.15) is 0 Å². The lowest BCUT2D eigenvalue weighted by Gasteiger charge is -2.12. The van der Waals surface area contributed by atoms with Gasteiger partial charge in [-0.25, -0.2) is 4.79 Å². The monoisotopic (exact) mass is 289 g/mol. The van der Waals surface area contributed by atoms with Crippen LogP contribution in [-0.2, 0) is 6.18 Å². The first kappa shape index (κ1) is 13.7. The molecule has 2 aromatic rings. The van der Waals surface area contributed by atoms with Crippen molar-refractivity contribution in [3.05, 3.63) is 29.5 Å². The molecule has 0 saturated carbocycles. The van der Waals surface area contributed by atoms with E-state index in [1.165, 1.54) is 0 Å². The van der Waals surface area contributed by atoms with Gasteiger partial charge >= 0.3 is 12.1 Å². The minimum absolute atomic E-state index is 0.313. The number of aromatic nitrogens is 1. The number of benzene rings is 1. The minimum Gasteiger partial charge on any atom is -0.504 e. The van der Waals surface area contributed by atoms with Crippen LogP contribution < -0.4 is 0 Å². The number of hydrogen-bond donors (Lipinski definition) is 3. The molecule has 106 valence electrons. The van der Waals surface area contributed by atoms with Crippen LogP contribution in [0.3, 0.4) is 0 Å². The predicted octanol–water partition coefficient (Wildman–Crippen LogP) is 2.47. The molecule has 0 aliphatic carbocycles. The number of carboxylic acids is 1. The summed E-state index contributed by atoms with van der Waals surface area (Å²) >= 11 is 0. The molecule has 20 heavy (non-hydrogen) atoms. The second-order valence-electron chi connectivity index (χ2n) is 3.77. The number of nitrogens with zero attached hydrogens (tertiary/aromatic N) is 1. The Morgan fingerprint density at radius 1 is 1.15 bits per heavy atom. The summed E-state index contributed by atoms with van der Waals surface area (Å²) < 4.78 is 43.0. The quantitative estimate of drug-likeness (QED) is 0.734. The Morgan fingerprint density at radius 2 is 1.75 bits per heavy atom. The third kappa shape index (κ3) is 2.37. The molecule has 3 N–H and O–H groups in total. The standard InChI is InChI=1S/C11H6F3NO5/c12-11(13,14)5-2-8(17)7(16)1-4(5)9-3-6(10(18)19)15-20-9/h1-3,16-17H,(H,18,19). The van der Waals surface area contributed by atoms with Crippen LogP contribution in [0.25, 0.3) is 11.3 Å². The van der Waals surface area contributed by atoms with Crippen molar-refractivity contribution in [2.45, 2.75) is 6.18 Å². The number of alkyl halides is 3. The molecule has 0 radical (unpaired) electrons. The minimum atomic E-state index is -4.84. The van der Waals surface area contributed by atoms with E-state index in [0.29, 0.717) is 12.1 Å². The van der Waals surface area contributed by atoms with Crippen LogP contribution in [-0.4, -0.2) is 26.4 Å². The Morgan fingerprint density at radius 3 is 2.25 bits per heavy atom. The molecule has 6 nitrogen and oxygen atoms in total. The molecule has 1 heterocycles. The topological polar surface area (TPSA) is 104 Å². The van der Waals surface area contributed by atoms with Gasteiger partial charge in [0.2, 0.25) is 0 Å². The number of carbonyl (C=O) groups is 1. The molecule has 0 spiro atoms. The van der Waals surface area contributed by atoms with Crippen LogP contribution in [0.4, 0.5) is 13.2 Å². The van der Waals surface area contributed by atoms with E-state index < -0.39 is 46.2 Å². The summed E-state index contributed by atoms with van der Waals surface area (Å²) in [7, 11) is 0. The number of phenolic OH excluding ortho intramolecular Hbond substituents is 2. The number of aromatic hydroxyl groups is 2. The Balaban J connectivity index is 2.65. The molecule has 0 aliphatic heterocycles. The first-order valence-electron chi connectivity index (χ1n) is 5.03. The van der Waals surface area contributed by atoms with Crippen molar-refractivity contribution in [3.63, 3.8) is 0 Å². The molecule has 0 bridgehead atoms. The van der Waals surface area contributed by atoms with E-state index in [-0.39, 0.29) is 0 Å². The molecule has 0 fully saturated rings. The number of rotatable bonds is 2. The zero-order valence-corrected chi connectivity index (χ0v) is 9.47. The summed E-state index contributed by atoms with van der Waals surface area (Å²) in [5, 5.41) is 30.1. The summed E-state index contributed by atoms with van der Waals surface area (Å²) in [6, 6.07) is 1.71. The van der Waals surface area contributed by atoms with Crippen molar-refractivity contribution >= 4 is 5.97 Å². The van der Waals surface area contributed by atoms with Gasteiger partial charge in [-0.05, 0) is 12.1 Å². The van der Waals surface area contributed by atoms with Crippen molar-refractivity contribution < 1.29 is 37.8 Å². The van der Waals surface area contributed by atoms with Crippen LogP contribution in [0.1, 0.15) is 16.1 Å². The van der Waals surface area contributed by atoms with Crippen LogP contribution in [0.2, 0.25) is 0 Å². The van der Waals surface area contributed by atoms with Gasteiger partial charge in [-0.2, -0.15) is 13.2 Å². The van der Waals surface area contributed by atoms with Gasteiger partial charge in [-0.3, -0.25) is 0 Å². The summed E-state index contributed by atoms with van der Waals surface area (Å²) in [4.78, 5) is 10.6. The van der Waals surface area contributed by atoms with Gasteiger partial charge < -0.3 is 19.8 Å². The number of aromatic carboxylic acids is 1. The normalized spacial score (nSPS) is 11.6. The fourth-order valence-electron chi connectivity index (χ4n) is 1.52. The van der Waals surface area contributed by atoms with E-state index in [9.17, 15) is 23.1 Å². The van der Waals surface area contributed by atoms with Crippen molar-refractivity contribution in [1.29, 1.82) is 0 Å². The SMILES string of the molecule is O=C(O)c1cc(-c2cc(O)c(O)cc2C(F)(F)F)on1. The second kappa shape index (κ2) is 4.44. The Labute approximate surface area is 108 Å². The summed E-state index contributed by atoms with van der Waals surface area (Å²) in [6.07, 6.45) is -4.84. The molecule has 0 saturated heterocycles. The van der Waals surface area contributed by atoms with Crippen molar-refractivity contribution in [3.8, 4) is 22.8 Å². The lowest BCUT2D eigenvalue weighted by Crippen LogP contribution is -2.07. The number of hydrogen-bond acceptors (Lipinski definition) is 5. The van der Waals surface area contributed by atoms with E-state index in [1.54, 1.807) is 0 Å². The average Bonchev–Trinajstić information content (AvgIpc) is 2.80. The maximum Gasteiger partial charge on any atom is 0.417 e. The van der Waals surface area contributed by atoms with Gasteiger partial charge in [0.25, 0.3) is 0 Å². The number of halogens is 3. The lowest BCUT2D eigenvalue weighted by atomic mass is 10.0. The molecule has 0 amide bonds. The van der Waals surface area contributed by atoms with Crippen LogP contribution >= 0.6 is 0 Å². The fraction of sp³-hybridized carbons (Fsp3) is 0.0909. The highest BCUT2D eigenvalue weighted by Gasteiger charge is 2.36. The molecule has 2 rings (SSSR count). The van der Waals surface area contributed by atoms with Crippen molar-refractivity contribution in [2.24, 2.45) is 0 Å². The largest absolute Gasteiger partial charge is 0.504 e. The summed E-state index contributed by atoms with van der Waals surface area (Å²) in [5.41, 5.74) is -2.51. The highest BCUT2D eigenvalue weighted by Crippen LogP contribution is 2.42. The van der Waals surface area contributed by atoms with Crippen LogP contribution in [0.5, 0.6) is 11.5 Å². The number of carboxylic acid groups (broad SMARTS) is 1. The molecule has 9 heteroatoms. The van der Waals surface area contributed by atoms with Gasteiger partial charge in [0, 0.05) is 11.6 Å². The van der Waals surface area contributed by atoms with E-state index in [1.807, 2.05) is 0 Å². The maximum absolute atomic E-state index is 12.8. The molecular formula is C11H6F3NO5. The molecule has 1 aromatic heterocycles. The van der Waals surface area contributed by atoms with Crippen molar-refractivity contribution in [1.82, 2.24) is 5.16 Å². The Hall–Kier alpha value is -2.71. The third-order valence-electron chi connectivity index (χ3n) is 2.41. The first-order valence-corrected chi connectivity index (χ1v) is 5.03. The van der Waals surface area contributed by atoms with Crippen molar-refractivity contribution in [2.75, 3.05) is 0 Å². The second-order valence-corrected chi connectivity index (χ2v) is 3.77. The smallest absolute Gasteiger partial charge is 0.417 e. The maximum atomic E-state index is 12.8. The molecular weight excluding hydrogens is 283 g/mol. The molecule has 0 atom stereocenters. The third-order valence-corrected chi connectivity index (χ3v) is 2.41.